The van der Waals surface area contributed by atoms with E-state index in [0.29, 0.717) is 17.6 Å². The Morgan fingerprint density at radius 3 is 2.60 bits per heavy atom. The van der Waals surface area contributed by atoms with Crippen molar-refractivity contribution >= 4 is 16.9 Å². The first kappa shape index (κ1) is 11.5. The number of aromatic amines is 1. The fourth-order valence-corrected chi connectivity index (χ4v) is 2.87. The van der Waals surface area contributed by atoms with Crippen molar-refractivity contribution in [3.05, 3.63) is 41.6 Å². The van der Waals surface area contributed by atoms with Gasteiger partial charge in [0.05, 0.1) is 5.39 Å². The summed E-state index contributed by atoms with van der Waals surface area (Å²) in [7, 11) is 0. The molecule has 4 nitrogen and oxygen atoms in total. The second-order valence-electron chi connectivity index (χ2n) is 5.46. The van der Waals surface area contributed by atoms with E-state index in [4.69, 9.17) is 5.73 Å². The lowest BCUT2D eigenvalue weighted by Crippen LogP contribution is -1.98. The van der Waals surface area contributed by atoms with E-state index in [1.807, 2.05) is 30.3 Å². The first-order chi connectivity index (χ1) is 9.74. The van der Waals surface area contributed by atoms with Gasteiger partial charge in [0.25, 0.3) is 0 Å². The summed E-state index contributed by atoms with van der Waals surface area (Å²) in [5, 5.41) is 1.02. The lowest BCUT2D eigenvalue weighted by molar-refractivity contribution is 1.10. The number of aryl methyl sites for hydroxylation is 1. The highest BCUT2D eigenvalue weighted by molar-refractivity contribution is 5.92. The molecule has 1 saturated carbocycles. The molecule has 0 saturated heterocycles. The van der Waals surface area contributed by atoms with Crippen LogP contribution in [0.4, 0.5) is 5.82 Å². The molecular weight excluding hydrogens is 248 g/mol. The Bertz CT molecular complexity index is 785. The fourth-order valence-electron chi connectivity index (χ4n) is 2.87. The van der Waals surface area contributed by atoms with Crippen molar-refractivity contribution in [3.63, 3.8) is 0 Å². The van der Waals surface area contributed by atoms with E-state index in [1.54, 1.807) is 0 Å². The molecule has 0 bridgehead atoms. The number of H-pyrrole nitrogens is 1. The van der Waals surface area contributed by atoms with E-state index in [0.717, 1.165) is 16.6 Å². The Labute approximate surface area is 117 Å². The first-order valence-corrected chi connectivity index (χ1v) is 6.95. The summed E-state index contributed by atoms with van der Waals surface area (Å²) in [4.78, 5) is 12.5. The number of nitrogen functional groups attached to an aromatic ring is 1. The van der Waals surface area contributed by atoms with Crippen molar-refractivity contribution in [2.45, 2.75) is 25.7 Å². The molecule has 20 heavy (non-hydrogen) atoms. The molecule has 3 aromatic rings. The second kappa shape index (κ2) is 4.07. The summed E-state index contributed by atoms with van der Waals surface area (Å²) in [6.07, 6.45) is 2.49. The Hall–Kier alpha value is -2.36. The molecule has 2 aromatic heterocycles. The lowest BCUT2D eigenvalue weighted by Gasteiger charge is -2.04. The van der Waals surface area contributed by atoms with E-state index in [1.165, 1.54) is 24.1 Å². The van der Waals surface area contributed by atoms with Gasteiger partial charge >= 0.3 is 0 Å². The topological polar surface area (TPSA) is 67.6 Å². The zero-order chi connectivity index (χ0) is 13.7. The highest BCUT2D eigenvalue weighted by Gasteiger charge is 2.30. The average molecular weight is 264 g/mol. The van der Waals surface area contributed by atoms with Gasteiger partial charge in [-0.05, 0) is 31.2 Å². The summed E-state index contributed by atoms with van der Waals surface area (Å²) in [6.45, 7) is 2.09. The third kappa shape index (κ3) is 1.68. The Morgan fingerprint density at radius 1 is 1.15 bits per heavy atom. The number of nitrogens with zero attached hydrogens (tertiary/aromatic N) is 2. The van der Waals surface area contributed by atoms with Crippen LogP contribution in [0.25, 0.3) is 22.4 Å². The number of fused-ring (bicyclic) bond motifs is 1. The van der Waals surface area contributed by atoms with Crippen LogP contribution in [0, 0.1) is 6.92 Å². The van der Waals surface area contributed by atoms with E-state index in [-0.39, 0.29) is 0 Å². The second-order valence-corrected chi connectivity index (χ2v) is 5.46. The number of nitrogens with one attached hydrogen (secondary N) is 1. The van der Waals surface area contributed by atoms with Gasteiger partial charge in [-0.3, -0.25) is 0 Å². The zero-order valence-corrected chi connectivity index (χ0v) is 11.4. The van der Waals surface area contributed by atoms with E-state index in [9.17, 15) is 0 Å². The molecular formula is C16H16N4. The number of nitrogens with two attached hydrogens (primary N) is 1. The van der Waals surface area contributed by atoms with Crippen LogP contribution in [0.15, 0.2) is 30.3 Å². The summed E-state index contributed by atoms with van der Waals surface area (Å²) in [6, 6.07) is 9.94. The Morgan fingerprint density at radius 2 is 1.90 bits per heavy atom. The zero-order valence-electron chi connectivity index (χ0n) is 11.4. The number of rotatable bonds is 2. The van der Waals surface area contributed by atoms with Gasteiger partial charge in [0.1, 0.15) is 11.5 Å². The van der Waals surface area contributed by atoms with Crippen molar-refractivity contribution in [2.24, 2.45) is 0 Å². The highest BCUT2D eigenvalue weighted by Crippen LogP contribution is 2.45. The molecule has 1 aliphatic rings. The monoisotopic (exact) mass is 264 g/mol. The van der Waals surface area contributed by atoms with Gasteiger partial charge < -0.3 is 10.7 Å². The number of aromatic nitrogens is 3. The maximum Gasteiger partial charge on any atom is 0.163 e. The van der Waals surface area contributed by atoms with Crippen molar-refractivity contribution in [1.29, 1.82) is 0 Å². The van der Waals surface area contributed by atoms with Gasteiger partial charge in [-0.1, -0.05) is 30.3 Å². The minimum absolute atomic E-state index is 0.583. The standard InChI is InChI=1S/C16H16N4/c1-9-12(10-7-8-10)13-14(17)19-15(20-16(13)18-9)11-5-3-2-4-6-11/h2-6,10H,7-8H2,1H3,(H3,17,18,19,20). The third-order valence-corrected chi connectivity index (χ3v) is 3.93. The number of benzene rings is 1. The lowest BCUT2D eigenvalue weighted by atomic mass is 10.1. The maximum absolute atomic E-state index is 6.20. The molecule has 100 valence electrons. The van der Waals surface area contributed by atoms with Gasteiger partial charge in [0, 0.05) is 11.3 Å². The van der Waals surface area contributed by atoms with E-state index in [2.05, 4.69) is 21.9 Å². The molecule has 4 rings (SSSR count). The van der Waals surface area contributed by atoms with Gasteiger partial charge in [-0.25, -0.2) is 9.97 Å². The van der Waals surface area contributed by atoms with Crippen LogP contribution >= 0.6 is 0 Å². The van der Waals surface area contributed by atoms with Crippen LogP contribution in [0.3, 0.4) is 0 Å². The van der Waals surface area contributed by atoms with Crippen molar-refractivity contribution in [3.8, 4) is 11.4 Å². The molecule has 1 fully saturated rings. The summed E-state index contributed by atoms with van der Waals surface area (Å²) in [5.41, 5.74) is 10.5. The van der Waals surface area contributed by atoms with Crippen molar-refractivity contribution in [1.82, 2.24) is 15.0 Å². The van der Waals surface area contributed by atoms with Crippen molar-refractivity contribution in [2.75, 3.05) is 5.73 Å². The molecule has 1 aromatic carbocycles. The molecule has 0 amide bonds. The Kier molecular flexibility index (Phi) is 2.33. The summed E-state index contributed by atoms with van der Waals surface area (Å²) < 4.78 is 0. The third-order valence-electron chi connectivity index (χ3n) is 3.93. The largest absolute Gasteiger partial charge is 0.383 e. The molecule has 0 aliphatic heterocycles. The van der Waals surface area contributed by atoms with Crippen LogP contribution in [0.1, 0.15) is 30.0 Å². The normalized spacial score (nSPS) is 14.8. The molecule has 4 heteroatoms. The summed E-state index contributed by atoms with van der Waals surface area (Å²) >= 11 is 0. The smallest absolute Gasteiger partial charge is 0.163 e. The quantitative estimate of drug-likeness (QED) is 0.745. The molecule has 1 aliphatic carbocycles. The van der Waals surface area contributed by atoms with Crippen LogP contribution in [0.5, 0.6) is 0 Å². The molecule has 2 heterocycles. The predicted octanol–water partition coefficient (Wildman–Crippen LogP) is 3.39. The van der Waals surface area contributed by atoms with Gasteiger partial charge in [0.2, 0.25) is 0 Å². The SMILES string of the molecule is Cc1[nH]c2nc(-c3ccccc3)nc(N)c2c1C1CC1. The minimum Gasteiger partial charge on any atom is -0.383 e. The van der Waals surface area contributed by atoms with Crippen LogP contribution in [-0.2, 0) is 0 Å². The molecule has 0 radical (unpaired) electrons. The van der Waals surface area contributed by atoms with Crippen LogP contribution in [0.2, 0.25) is 0 Å². The van der Waals surface area contributed by atoms with E-state index < -0.39 is 0 Å². The fraction of sp³-hybridized carbons (Fsp3) is 0.250. The molecule has 0 spiro atoms. The van der Waals surface area contributed by atoms with Gasteiger partial charge in [-0.15, -0.1) is 0 Å². The number of hydrogen-bond acceptors (Lipinski definition) is 3. The van der Waals surface area contributed by atoms with Crippen LogP contribution in [-0.4, -0.2) is 15.0 Å². The Balaban J connectivity index is 1.95. The number of anilines is 1. The summed E-state index contributed by atoms with van der Waals surface area (Å²) in [5.74, 6) is 1.90. The molecule has 0 unspecified atom stereocenters. The minimum atomic E-state index is 0.583. The molecule has 0 atom stereocenters. The predicted molar refractivity (Wildman–Crippen MR) is 80.4 cm³/mol. The van der Waals surface area contributed by atoms with Gasteiger partial charge in [-0.2, -0.15) is 0 Å². The maximum atomic E-state index is 6.20. The van der Waals surface area contributed by atoms with Crippen molar-refractivity contribution < 1.29 is 0 Å². The first-order valence-electron chi connectivity index (χ1n) is 6.95. The van der Waals surface area contributed by atoms with Crippen LogP contribution < -0.4 is 5.73 Å². The number of hydrogen-bond donors (Lipinski definition) is 2. The molecule has 3 N–H and O–H groups in total. The van der Waals surface area contributed by atoms with E-state index >= 15 is 0 Å². The average Bonchev–Trinajstić information content (AvgIpc) is 3.22. The highest BCUT2D eigenvalue weighted by atomic mass is 15.0. The van der Waals surface area contributed by atoms with Gasteiger partial charge in [0.15, 0.2) is 5.82 Å².